The number of carbonyl (C=O) groups excluding carboxylic acids is 1. The first-order chi connectivity index (χ1) is 33.0. The van der Waals surface area contributed by atoms with Crippen molar-refractivity contribution < 1.29 is 58.3 Å². The fourth-order valence-electron chi connectivity index (χ4n) is 7.14. The van der Waals surface area contributed by atoms with E-state index in [1.807, 2.05) is 0 Å². The Labute approximate surface area is 410 Å². The lowest BCUT2D eigenvalue weighted by Crippen LogP contribution is -2.64. The Hall–Kier alpha value is -3.00. The molecule has 0 aromatic rings. The third kappa shape index (κ3) is 35.2. The van der Waals surface area contributed by atoms with Gasteiger partial charge in [0.15, 0.2) is 0 Å². The number of unbranched alkanes of at least 4 members (excludes halogenated alkanes) is 12. The molecule has 0 amide bonds. The highest BCUT2D eigenvalue weighted by atomic mass is 31.2. The average Bonchev–Trinajstić information content (AvgIpc) is 3.32. The molecule has 13 heteroatoms. The number of aliphatic hydroxyl groups excluding tert-OH is 5. The van der Waals surface area contributed by atoms with Crippen LogP contribution in [0.1, 0.15) is 168 Å². The van der Waals surface area contributed by atoms with E-state index in [1.54, 1.807) is 0 Å². The Bertz CT molecular complexity index is 1530. The first-order valence-corrected chi connectivity index (χ1v) is 27.2. The molecule has 0 aromatic heterocycles. The summed E-state index contributed by atoms with van der Waals surface area (Å²) in [6.07, 6.45) is 50.0. The molecule has 6 N–H and O–H groups in total. The van der Waals surface area contributed by atoms with E-state index in [2.05, 4.69) is 123 Å². The maximum Gasteiger partial charge on any atom is 0.472 e. The minimum absolute atomic E-state index is 0.105. The topological polar surface area (TPSA) is 192 Å². The van der Waals surface area contributed by atoms with E-state index in [0.717, 1.165) is 122 Å². The predicted molar refractivity (Wildman–Crippen MR) is 276 cm³/mol. The van der Waals surface area contributed by atoms with Crippen molar-refractivity contribution in [1.29, 1.82) is 0 Å². The van der Waals surface area contributed by atoms with Crippen LogP contribution in [0.3, 0.4) is 0 Å². The van der Waals surface area contributed by atoms with Gasteiger partial charge in [-0.15, -0.1) is 0 Å². The second kappa shape index (κ2) is 44.0. The van der Waals surface area contributed by atoms with Crippen LogP contribution in [0.2, 0.25) is 0 Å². The number of phosphoric acid groups is 1. The number of aliphatic hydroxyl groups is 5. The molecule has 1 saturated carbocycles. The molecule has 6 unspecified atom stereocenters. The Balaban J connectivity index is 2.38. The SMILES string of the molecule is CC/C=C\C/C=C\C/C=C\C/C=C\C/C=C\CCCCCCOCC(COP(=O)(O)OC1C(O)C(O)C(O)C(O)C1O)OC(=O)CCCCCCCCCC/C=C\C/C=C\C/C=C\C/C=C\CC. The molecule has 1 aliphatic carbocycles. The van der Waals surface area contributed by atoms with Crippen LogP contribution < -0.4 is 0 Å². The van der Waals surface area contributed by atoms with Crippen molar-refractivity contribution in [2.45, 2.75) is 211 Å². The lowest BCUT2D eigenvalue weighted by molar-refractivity contribution is -0.220. The Morgan fingerprint density at radius 1 is 0.471 bits per heavy atom. The van der Waals surface area contributed by atoms with Crippen molar-refractivity contribution in [3.8, 4) is 0 Å². The van der Waals surface area contributed by atoms with E-state index in [4.69, 9.17) is 18.5 Å². The molecule has 12 nitrogen and oxygen atoms in total. The Morgan fingerprint density at radius 2 is 0.824 bits per heavy atom. The molecule has 1 rings (SSSR count). The van der Waals surface area contributed by atoms with Crippen LogP contribution in [0.15, 0.2) is 109 Å². The number of hydrogen-bond donors (Lipinski definition) is 6. The summed E-state index contributed by atoms with van der Waals surface area (Å²) in [6, 6.07) is 0. The van der Waals surface area contributed by atoms with Crippen LogP contribution in [0, 0.1) is 0 Å². The molecule has 0 radical (unpaired) electrons. The molecule has 0 heterocycles. The minimum atomic E-state index is -5.04. The number of allylic oxidation sites excluding steroid dienone is 18. The maximum atomic E-state index is 12.9. The highest BCUT2D eigenvalue weighted by Crippen LogP contribution is 2.47. The molecule has 0 saturated heterocycles. The van der Waals surface area contributed by atoms with E-state index in [-0.39, 0.29) is 13.0 Å². The highest BCUT2D eigenvalue weighted by molar-refractivity contribution is 7.47. The summed E-state index contributed by atoms with van der Waals surface area (Å²) in [4.78, 5) is 23.3. The van der Waals surface area contributed by atoms with E-state index in [1.165, 1.54) is 19.3 Å². The number of phosphoric ester groups is 1. The normalized spacial score (nSPS) is 22.1. The van der Waals surface area contributed by atoms with Gasteiger partial charge in [0.1, 0.15) is 42.7 Å². The molecule has 0 aromatic carbocycles. The van der Waals surface area contributed by atoms with E-state index >= 15 is 0 Å². The smallest absolute Gasteiger partial charge is 0.457 e. The van der Waals surface area contributed by atoms with Crippen LogP contribution in [0.4, 0.5) is 0 Å². The third-order valence-corrected chi connectivity index (χ3v) is 12.1. The van der Waals surface area contributed by atoms with Crippen molar-refractivity contribution in [1.82, 2.24) is 0 Å². The average molecular weight is 975 g/mol. The van der Waals surface area contributed by atoms with E-state index < -0.39 is 63.1 Å². The number of esters is 1. The second-order valence-corrected chi connectivity index (χ2v) is 18.7. The number of ether oxygens (including phenoxy) is 2. The van der Waals surface area contributed by atoms with Crippen molar-refractivity contribution in [3.63, 3.8) is 0 Å². The predicted octanol–water partition coefficient (Wildman–Crippen LogP) is 11.6. The molecule has 0 bridgehead atoms. The van der Waals surface area contributed by atoms with Crippen LogP contribution in [-0.2, 0) is 27.9 Å². The molecule has 0 aliphatic heterocycles. The molecule has 0 spiro atoms. The standard InChI is InChI=1S/C55H91O12P/c1-3-5-7-9-11-13-15-17-19-21-23-25-26-28-30-32-34-36-38-40-42-44-49(56)66-48(47-65-68(62,63)67-55-53(60)51(58)50(57)52(59)54(55)61)46-64-45-43-41-39-37-35-33-31-29-27-24-22-20-18-16-14-12-10-8-6-4-2/h5-8,11-14,17-20,23-25,27,31,33,48,50-55,57-61H,3-4,9-10,15-16,21-22,26,28-30,32,34-47H2,1-2H3,(H,62,63)/b7-5-,8-6-,13-11-,14-12-,19-17-,20-18-,25-23-,27-24-,33-31-. The van der Waals surface area contributed by atoms with Crippen molar-refractivity contribution in [3.05, 3.63) is 109 Å². The summed E-state index contributed by atoms with van der Waals surface area (Å²) < 4.78 is 34.3. The van der Waals surface area contributed by atoms with Crippen molar-refractivity contribution >= 4 is 13.8 Å². The minimum Gasteiger partial charge on any atom is -0.457 e. The van der Waals surface area contributed by atoms with Crippen LogP contribution in [0.25, 0.3) is 0 Å². The van der Waals surface area contributed by atoms with E-state index in [0.29, 0.717) is 13.0 Å². The first-order valence-electron chi connectivity index (χ1n) is 25.7. The van der Waals surface area contributed by atoms with Gasteiger partial charge >= 0.3 is 13.8 Å². The summed E-state index contributed by atoms with van der Waals surface area (Å²) >= 11 is 0. The summed E-state index contributed by atoms with van der Waals surface area (Å²) in [7, 11) is -5.04. The highest BCUT2D eigenvalue weighted by Gasteiger charge is 2.51. The zero-order valence-corrected chi connectivity index (χ0v) is 42.5. The molecular weight excluding hydrogens is 884 g/mol. The van der Waals surface area contributed by atoms with Gasteiger partial charge in [0, 0.05) is 13.0 Å². The fraction of sp³-hybridized carbons (Fsp3) is 0.655. The Morgan fingerprint density at radius 3 is 1.25 bits per heavy atom. The lowest BCUT2D eigenvalue weighted by atomic mass is 9.85. The van der Waals surface area contributed by atoms with Gasteiger partial charge < -0.3 is 39.9 Å². The van der Waals surface area contributed by atoms with Crippen molar-refractivity contribution in [2.24, 2.45) is 0 Å². The van der Waals surface area contributed by atoms with Gasteiger partial charge in [-0.25, -0.2) is 4.57 Å². The van der Waals surface area contributed by atoms with Gasteiger partial charge in [0.25, 0.3) is 0 Å². The fourth-order valence-corrected chi connectivity index (χ4v) is 8.11. The summed E-state index contributed by atoms with van der Waals surface area (Å²) in [5, 5.41) is 50.3. The summed E-state index contributed by atoms with van der Waals surface area (Å²) in [5.41, 5.74) is 0. The van der Waals surface area contributed by atoms with Gasteiger partial charge in [0.05, 0.1) is 13.2 Å². The molecular formula is C55H91O12P. The second-order valence-electron chi connectivity index (χ2n) is 17.3. The number of carbonyl (C=O) groups is 1. The first kappa shape index (κ1) is 63.0. The zero-order chi connectivity index (χ0) is 49.8. The largest absolute Gasteiger partial charge is 0.472 e. The molecule has 68 heavy (non-hydrogen) atoms. The zero-order valence-electron chi connectivity index (χ0n) is 41.6. The van der Waals surface area contributed by atoms with Crippen molar-refractivity contribution in [2.75, 3.05) is 19.8 Å². The number of rotatable bonds is 42. The lowest BCUT2D eigenvalue weighted by Gasteiger charge is -2.41. The van der Waals surface area contributed by atoms with E-state index in [9.17, 15) is 39.8 Å². The van der Waals surface area contributed by atoms with Crippen LogP contribution >= 0.6 is 7.82 Å². The van der Waals surface area contributed by atoms with Gasteiger partial charge in [-0.2, -0.15) is 0 Å². The third-order valence-electron chi connectivity index (χ3n) is 11.1. The van der Waals surface area contributed by atoms with Gasteiger partial charge in [-0.3, -0.25) is 13.8 Å². The quantitative estimate of drug-likeness (QED) is 0.0147. The summed E-state index contributed by atoms with van der Waals surface area (Å²) in [5.74, 6) is -0.500. The number of hydrogen-bond acceptors (Lipinski definition) is 11. The Kier molecular flexibility index (Phi) is 40.8. The van der Waals surface area contributed by atoms with Gasteiger partial charge in [0.2, 0.25) is 0 Å². The van der Waals surface area contributed by atoms with Crippen LogP contribution in [-0.4, -0.2) is 98.9 Å². The molecule has 1 aliphatic rings. The van der Waals surface area contributed by atoms with Crippen LogP contribution in [0.5, 0.6) is 0 Å². The van der Waals surface area contributed by atoms with Gasteiger partial charge in [-0.1, -0.05) is 175 Å². The molecule has 6 atom stereocenters. The monoisotopic (exact) mass is 975 g/mol. The molecule has 388 valence electrons. The maximum absolute atomic E-state index is 12.9. The molecule has 1 fully saturated rings. The van der Waals surface area contributed by atoms with Gasteiger partial charge in [-0.05, 0) is 96.3 Å². The summed E-state index contributed by atoms with van der Waals surface area (Å²) in [6.45, 7) is 3.96.